The number of esters is 3. The minimum absolute atomic E-state index is 0.0187. The van der Waals surface area contributed by atoms with Gasteiger partial charge in [0, 0.05) is 12.8 Å². The first-order valence-electron chi connectivity index (χ1n) is 20.2. The third kappa shape index (κ3) is 16.3. The molecule has 0 radical (unpaired) electrons. The summed E-state index contributed by atoms with van der Waals surface area (Å²) in [4.78, 5) is 75.3. The van der Waals surface area contributed by atoms with E-state index < -0.39 is 60.6 Å². The van der Waals surface area contributed by atoms with E-state index in [0.717, 1.165) is 38.5 Å². The molecule has 3 N–H and O–H groups in total. The quantitative estimate of drug-likeness (QED) is 0.0325. The summed E-state index contributed by atoms with van der Waals surface area (Å²) in [5.41, 5.74) is -2.13. The summed E-state index contributed by atoms with van der Waals surface area (Å²) in [6.07, 6.45) is 9.27. The summed E-state index contributed by atoms with van der Waals surface area (Å²) < 4.78 is 48.2. The zero-order valence-electron chi connectivity index (χ0n) is 35.7. The molecule has 0 aliphatic rings. The van der Waals surface area contributed by atoms with E-state index in [1.807, 2.05) is 0 Å². The van der Waals surface area contributed by atoms with Crippen LogP contribution in [0.4, 0.5) is 5.82 Å². The molecule has 20 heteroatoms. The lowest BCUT2D eigenvalue weighted by atomic mass is 10.1. The van der Waals surface area contributed by atoms with Gasteiger partial charge in [-0.1, -0.05) is 52.4 Å². The number of carbonyl (C=O) groups is 4. The Morgan fingerprint density at radius 1 is 0.831 bits per heavy atom. The number of ether oxygens (including phenoxy) is 4. The fourth-order valence-electron chi connectivity index (χ4n) is 5.82. The van der Waals surface area contributed by atoms with E-state index in [4.69, 9.17) is 27.8 Å². The summed E-state index contributed by atoms with van der Waals surface area (Å²) >= 11 is 0. The van der Waals surface area contributed by atoms with E-state index in [-0.39, 0.29) is 63.0 Å². The van der Waals surface area contributed by atoms with Gasteiger partial charge in [0.25, 0.3) is 0 Å². The molecule has 330 valence electrons. The molecule has 0 saturated carbocycles. The molecule has 3 rings (SSSR count). The molecule has 1 amide bonds. The van der Waals surface area contributed by atoms with Crippen molar-refractivity contribution >= 4 is 48.2 Å². The van der Waals surface area contributed by atoms with Gasteiger partial charge in [0.05, 0.1) is 32.2 Å². The first-order valence-corrected chi connectivity index (χ1v) is 22.1. The third-order valence-electron chi connectivity index (χ3n) is 9.04. The molecule has 59 heavy (non-hydrogen) atoms. The Morgan fingerprint density at radius 2 is 1.44 bits per heavy atom. The summed E-state index contributed by atoms with van der Waals surface area (Å²) in [5.74, 6) is -2.58. The second kappa shape index (κ2) is 23.4. The minimum atomic E-state index is -3.89. The van der Waals surface area contributed by atoms with Crippen LogP contribution in [0.5, 0.6) is 0 Å². The van der Waals surface area contributed by atoms with Crippen LogP contribution < -0.4 is 21.3 Å². The van der Waals surface area contributed by atoms with E-state index >= 15 is 0 Å². The molecule has 0 fully saturated rings. The number of anilines is 1. The number of aryl methyl sites for hydroxylation is 1. The molecule has 0 unspecified atom stereocenters. The van der Waals surface area contributed by atoms with Crippen molar-refractivity contribution in [3.63, 3.8) is 0 Å². The molecule has 1 atom stereocenters. The largest absolute Gasteiger partial charge is 0.519 e. The summed E-state index contributed by atoms with van der Waals surface area (Å²) in [6.45, 7) is 14.1. The summed E-state index contributed by atoms with van der Waals surface area (Å²) in [5, 5.41) is 8.58. The van der Waals surface area contributed by atoms with Gasteiger partial charge in [-0.15, -0.1) is 0 Å². The predicted octanol–water partition coefficient (Wildman–Crippen LogP) is 6.07. The van der Waals surface area contributed by atoms with Gasteiger partial charge in [-0.3, -0.25) is 23.7 Å². The highest BCUT2D eigenvalue weighted by atomic mass is 31.2. The molecule has 0 aliphatic carbocycles. The van der Waals surface area contributed by atoms with Crippen LogP contribution in [0.2, 0.25) is 0 Å². The number of carbonyl (C=O) groups excluding carboxylic acids is 4. The fraction of sp³-hybridized carbons (Fsp3) is 0.692. The minimum Gasteiger partial charge on any atom is -0.464 e. The smallest absolute Gasteiger partial charge is 0.464 e. The number of rotatable bonds is 28. The van der Waals surface area contributed by atoms with Gasteiger partial charge in [-0.2, -0.15) is 0 Å². The van der Waals surface area contributed by atoms with Crippen LogP contribution in [-0.4, -0.2) is 80.1 Å². The van der Waals surface area contributed by atoms with Crippen molar-refractivity contribution in [2.24, 2.45) is 0 Å². The number of hydrogen-bond donors (Lipinski definition) is 3. The van der Waals surface area contributed by atoms with Crippen LogP contribution >= 0.6 is 7.44 Å². The highest BCUT2D eigenvalue weighted by molar-refractivity contribution is 7.59. The van der Waals surface area contributed by atoms with Crippen LogP contribution in [0.1, 0.15) is 131 Å². The molecular weight excluding hydrogens is 789 g/mol. The van der Waals surface area contributed by atoms with E-state index in [1.54, 1.807) is 39.2 Å². The maximum Gasteiger partial charge on any atom is 0.519 e. The number of aromatic nitrogens is 4. The van der Waals surface area contributed by atoms with Crippen molar-refractivity contribution in [1.82, 2.24) is 29.7 Å². The predicted molar refractivity (Wildman–Crippen MR) is 217 cm³/mol. The summed E-state index contributed by atoms with van der Waals surface area (Å²) in [6, 6.07) is 0. The standard InChI is InChI=1S/C39H62N7O12P/c1-9-11-13-15-20-53-35(49)38(5,6)44-59(52,45-39(7,8)36(50)54-21-16-14-12-10-2)26-56-27(3)22-46-25-42-32-33(40-24-41-34(32)46)43-30(47)18-17-19-31(48)55-23-29-28(4)57-37(51)58-29/h24-25,27H,9-23,26H2,1-8H3,(H2,44,45,52)(H,40,41,43,47)/t27-/m1/s1. The molecule has 0 bridgehead atoms. The molecular formula is C39H62N7O12P. The Balaban J connectivity index is 1.63. The third-order valence-corrected chi connectivity index (χ3v) is 11.4. The zero-order valence-corrected chi connectivity index (χ0v) is 36.6. The molecule has 3 heterocycles. The topological polar surface area (TPSA) is 245 Å². The number of fused-ring (bicyclic) bond motifs is 1. The van der Waals surface area contributed by atoms with Crippen molar-refractivity contribution < 1.29 is 51.5 Å². The van der Waals surface area contributed by atoms with Gasteiger partial charge in [-0.25, -0.2) is 29.9 Å². The van der Waals surface area contributed by atoms with Crippen molar-refractivity contribution in [3.8, 4) is 0 Å². The van der Waals surface area contributed by atoms with Gasteiger partial charge in [-0.05, 0) is 60.8 Å². The van der Waals surface area contributed by atoms with Crippen molar-refractivity contribution in [1.29, 1.82) is 0 Å². The lowest BCUT2D eigenvalue weighted by Crippen LogP contribution is -2.54. The second-order valence-electron chi connectivity index (χ2n) is 15.5. The molecule has 3 aromatic rings. The van der Waals surface area contributed by atoms with Gasteiger partial charge in [0.2, 0.25) is 13.4 Å². The van der Waals surface area contributed by atoms with Crippen LogP contribution in [0.3, 0.4) is 0 Å². The second-order valence-corrected chi connectivity index (χ2v) is 17.7. The van der Waals surface area contributed by atoms with E-state index in [0.29, 0.717) is 24.0 Å². The molecule has 0 spiro atoms. The molecule has 0 aromatic carbocycles. The van der Waals surface area contributed by atoms with Crippen LogP contribution in [0, 0.1) is 6.92 Å². The Kier molecular flexibility index (Phi) is 19.4. The Morgan fingerprint density at radius 3 is 2.00 bits per heavy atom. The molecule has 3 aromatic heterocycles. The van der Waals surface area contributed by atoms with E-state index in [1.165, 1.54) is 19.6 Å². The van der Waals surface area contributed by atoms with Crippen LogP contribution in [0.25, 0.3) is 11.2 Å². The number of hydrogen-bond acceptors (Lipinski definition) is 15. The monoisotopic (exact) mass is 851 g/mol. The average molecular weight is 852 g/mol. The maximum atomic E-state index is 14.7. The lowest BCUT2D eigenvalue weighted by Gasteiger charge is -2.35. The van der Waals surface area contributed by atoms with Crippen LogP contribution in [-0.2, 0) is 55.8 Å². The highest BCUT2D eigenvalue weighted by Crippen LogP contribution is 2.42. The molecule has 0 saturated heterocycles. The number of imidazole rings is 1. The maximum absolute atomic E-state index is 14.7. The van der Waals surface area contributed by atoms with Gasteiger partial charge in [0.15, 0.2) is 35.1 Å². The Hall–Kier alpha value is -4.45. The average Bonchev–Trinajstić information content (AvgIpc) is 3.73. The van der Waals surface area contributed by atoms with Gasteiger partial charge in [0.1, 0.15) is 23.8 Å². The van der Waals surface area contributed by atoms with Crippen molar-refractivity contribution in [2.75, 3.05) is 24.9 Å². The number of nitrogens with one attached hydrogen (secondary N) is 3. The molecule has 19 nitrogen and oxygen atoms in total. The number of unbranched alkanes of at least 4 members (excludes halogenated alkanes) is 6. The normalized spacial score (nSPS) is 12.7. The zero-order chi connectivity index (χ0) is 43.6. The van der Waals surface area contributed by atoms with E-state index in [2.05, 4.69) is 44.3 Å². The summed E-state index contributed by atoms with van der Waals surface area (Å²) in [7, 11) is -3.89. The van der Waals surface area contributed by atoms with Crippen molar-refractivity contribution in [3.05, 3.63) is 34.8 Å². The number of amides is 1. The Labute approximate surface area is 344 Å². The van der Waals surface area contributed by atoms with Gasteiger partial charge >= 0.3 is 23.7 Å². The van der Waals surface area contributed by atoms with E-state index in [9.17, 15) is 28.5 Å². The first-order chi connectivity index (χ1) is 27.9. The Bertz CT molecular complexity index is 1900. The van der Waals surface area contributed by atoms with Crippen LogP contribution in [0.15, 0.2) is 26.3 Å². The number of nitrogens with zero attached hydrogens (tertiary/aromatic N) is 4. The van der Waals surface area contributed by atoms with Crippen molar-refractivity contribution in [2.45, 2.75) is 156 Å². The first kappa shape index (κ1) is 48.9. The fourth-order valence-corrected chi connectivity index (χ4v) is 8.45. The highest BCUT2D eigenvalue weighted by Gasteiger charge is 2.43. The SMILES string of the molecule is CCCCCCOC(=O)C(C)(C)NP(=O)(CO[C@H](C)Cn1cnc2c(NC(=O)CCCC(=O)OCc3oc(=O)oc3C)ncnc21)NC(C)(C)C(=O)OCCCCCC. The lowest BCUT2D eigenvalue weighted by molar-refractivity contribution is -0.149. The van der Waals surface area contributed by atoms with Gasteiger partial charge < -0.3 is 37.7 Å². The molecule has 0 aliphatic heterocycles.